The van der Waals surface area contributed by atoms with Gasteiger partial charge < -0.3 is 9.88 Å². The highest BCUT2D eigenvalue weighted by Gasteiger charge is 2.09. The standard InChI is InChI=1S/C15H20N2/c1-2-9-17(10-3-1)11-7-13-4-5-15-14(12-13)6-8-16-15/h4-6,8,12,16H,1-3,7,9-11H2. The van der Waals surface area contributed by atoms with Crippen molar-refractivity contribution < 1.29 is 0 Å². The number of piperidine rings is 1. The summed E-state index contributed by atoms with van der Waals surface area (Å²) >= 11 is 0. The molecule has 1 saturated heterocycles. The number of nitrogens with one attached hydrogen (secondary N) is 1. The summed E-state index contributed by atoms with van der Waals surface area (Å²) in [6.45, 7) is 3.81. The Labute approximate surface area is 103 Å². The molecule has 17 heavy (non-hydrogen) atoms. The van der Waals surface area contributed by atoms with E-state index in [4.69, 9.17) is 0 Å². The van der Waals surface area contributed by atoms with Gasteiger partial charge in [0.15, 0.2) is 0 Å². The first kappa shape index (κ1) is 10.8. The molecular formula is C15H20N2. The van der Waals surface area contributed by atoms with Gasteiger partial charge in [0.2, 0.25) is 0 Å². The van der Waals surface area contributed by atoms with Crippen LogP contribution in [0, 0.1) is 0 Å². The zero-order valence-electron chi connectivity index (χ0n) is 10.3. The largest absolute Gasteiger partial charge is 0.361 e. The van der Waals surface area contributed by atoms with Crippen LogP contribution in [0.5, 0.6) is 0 Å². The van der Waals surface area contributed by atoms with Crippen LogP contribution in [-0.4, -0.2) is 29.5 Å². The Bertz CT molecular complexity index is 480. The van der Waals surface area contributed by atoms with Crippen molar-refractivity contribution in [3.63, 3.8) is 0 Å². The minimum atomic E-state index is 1.18. The normalized spacial score (nSPS) is 17.6. The summed E-state index contributed by atoms with van der Waals surface area (Å²) in [6, 6.07) is 8.92. The molecule has 2 nitrogen and oxygen atoms in total. The topological polar surface area (TPSA) is 19.0 Å². The van der Waals surface area contributed by atoms with Crippen molar-refractivity contribution >= 4 is 10.9 Å². The van der Waals surface area contributed by atoms with Gasteiger partial charge in [0.1, 0.15) is 0 Å². The fourth-order valence-electron chi connectivity index (χ4n) is 2.73. The van der Waals surface area contributed by atoms with E-state index in [1.807, 2.05) is 6.20 Å². The van der Waals surface area contributed by atoms with Gasteiger partial charge in [-0.25, -0.2) is 0 Å². The maximum atomic E-state index is 3.24. The van der Waals surface area contributed by atoms with E-state index in [-0.39, 0.29) is 0 Å². The van der Waals surface area contributed by atoms with E-state index in [9.17, 15) is 0 Å². The van der Waals surface area contributed by atoms with Crippen molar-refractivity contribution in [2.24, 2.45) is 0 Å². The first-order valence-electron chi connectivity index (χ1n) is 6.70. The Morgan fingerprint density at radius 3 is 2.82 bits per heavy atom. The highest BCUT2D eigenvalue weighted by atomic mass is 15.1. The number of nitrogens with zero attached hydrogens (tertiary/aromatic N) is 1. The van der Waals surface area contributed by atoms with Crippen molar-refractivity contribution in [2.45, 2.75) is 25.7 Å². The second-order valence-corrected chi connectivity index (χ2v) is 5.05. The summed E-state index contributed by atoms with van der Waals surface area (Å²) in [5.74, 6) is 0. The average Bonchev–Trinajstić information content (AvgIpc) is 2.85. The average molecular weight is 228 g/mol. The van der Waals surface area contributed by atoms with Crippen LogP contribution in [-0.2, 0) is 6.42 Å². The van der Waals surface area contributed by atoms with Crippen LogP contribution in [0.3, 0.4) is 0 Å². The zero-order chi connectivity index (χ0) is 11.5. The Hall–Kier alpha value is -1.28. The minimum Gasteiger partial charge on any atom is -0.361 e. The number of fused-ring (bicyclic) bond motifs is 1. The van der Waals surface area contributed by atoms with Crippen LogP contribution < -0.4 is 0 Å². The van der Waals surface area contributed by atoms with E-state index >= 15 is 0 Å². The van der Waals surface area contributed by atoms with Crippen molar-refractivity contribution in [1.82, 2.24) is 9.88 Å². The number of likely N-dealkylation sites (tertiary alicyclic amines) is 1. The van der Waals surface area contributed by atoms with E-state index in [0.717, 1.165) is 0 Å². The van der Waals surface area contributed by atoms with Gasteiger partial charge in [-0.15, -0.1) is 0 Å². The van der Waals surface area contributed by atoms with Gasteiger partial charge in [0.05, 0.1) is 0 Å². The lowest BCUT2D eigenvalue weighted by Gasteiger charge is -2.26. The van der Waals surface area contributed by atoms with Gasteiger partial charge in [-0.1, -0.05) is 12.5 Å². The second kappa shape index (κ2) is 4.92. The molecule has 0 spiro atoms. The molecular weight excluding hydrogens is 208 g/mol. The van der Waals surface area contributed by atoms with Gasteiger partial charge >= 0.3 is 0 Å². The summed E-state index contributed by atoms with van der Waals surface area (Å²) in [4.78, 5) is 5.84. The number of benzene rings is 1. The monoisotopic (exact) mass is 228 g/mol. The molecule has 0 aliphatic carbocycles. The molecule has 2 aromatic rings. The lowest BCUT2D eigenvalue weighted by Crippen LogP contribution is -2.31. The fourth-order valence-corrected chi connectivity index (χ4v) is 2.73. The van der Waals surface area contributed by atoms with E-state index in [2.05, 4.69) is 34.1 Å². The molecule has 1 aliphatic heterocycles. The number of H-pyrrole nitrogens is 1. The molecule has 2 heterocycles. The summed E-state index contributed by atoms with van der Waals surface area (Å²) in [5.41, 5.74) is 2.70. The smallest absolute Gasteiger partial charge is 0.0454 e. The highest BCUT2D eigenvalue weighted by molar-refractivity contribution is 5.79. The third-order valence-corrected chi connectivity index (χ3v) is 3.78. The molecule has 0 bridgehead atoms. The third kappa shape index (κ3) is 2.52. The van der Waals surface area contributed by atoms with E-state index < -0.39 is 0 Å². The summed E-state index contributed by atoms with van der Waals surface area (Å²) in [7, 11) is 0. The van der Waals surface area contributed by atoms with Crippen LogP contribution in [0.1, 0.15) is 24.8 Å². The number of hydrogen-bond donors (Lipinski definition) is 1. The van der Waals surface area contributed by atoms with Crippen LogP contribution >= 0.6 is 0 Å². The van der Waals surface area contributed by atoms with Crippen LogP contribution in [0.2, 0.25) is 0 Å². The molecule has 1 aromatic carbocycles. The molecule has 1 N–H and O–H groups in total. The first-order valence-corrected chi connectivity index (χ1v) is 6.70. The maximum absolute atomic E-state index is 3.24. The van der Waals surface area contributed by atoms with Gasteiger partial charge in [-0.2, -0.15) is 0 Å². The summed E-state index contributed by atoms with van der Waals surface area (Å²) in [5, 5.41) is 1.33. The number of aromatic nitrogens is 1. The molecule has 1 fully saturated rings. The van der Waals surface area contributed by atoms with Crippen molar-refractivity contribution in [3.8, 4) is 0 Å². The Morgan fingerprint density at radius 1 is 1.06 bits per heavy atom. The molecule has 0 radical (unpaired) electrons. The molecule has 2 heteroatoms. The second-order valence-electron chi connectivity index (χ2n) is 5.05. The lowest BCUT2D eigenvalue weighted by molar-refractivity contribution is 0.231. The SMILES string of the molecule is c1cc2cc(CCN3CCCCC3)ccc2[nH]1. The van der Waals surface area contributed by atoms with Crippen molar-refractivity contribution in [2.75, 3.05) is 19.6 Å². The first-order chi connectivity index (χ1) is 8.42. The zero-order valence-corrected chi connectivity index (χ0v) is 10.3. The Morgan fingerprint density at radius 2 is 1.94 bits per heavy atom. The molecule has 1 aromatic heterocycles. The van der Waals surface area contributed by atoms with Gasteiger partial charge in [0.25, 0.3) is 0 Å². The van der Waals surface area contributed by atoms with E-state index in [0.29, 0.717) is 0 Å². The predicted octanol–water partition coefficient (Wildman–Crippen LogP) is 3.20. The highest BCUT2D eigenvalue weighted by Crippen LogP contribution is 2.15. The minimum absolute atomic E-state index is 1.18. The van der Waals surface area contributed by atoms with Gasteiger partial charge in [-0.05, 0) is 61.5 Å². The predicted molar refractivity (Wildman–Crippen MR) is 72.3 cm³/mol. The molecule has 0 atom stereocenters. The van der Waals surface area contributed by atoms with Crippen LogP contribution in [0.15, 0.2) is 30.5 Å². The van der Waals surface area contributed by atoms with Gasteiger partial charge in [-0.3, -0.25) is 0 Å². The third-order valence-electron chi connectivity index (χ3n) is 3.78. The molecule has 3 rings (SSSR count). The number of rotatable bonds is 3. The Balaban J connectivity index is 1.63. The van der Waals surface area contributed by atoms with Crippen molar-refractivity contribution in [3.05, 3.63) is 36.0 Å². The molecule has 0 saturated carbocycles. The molecule has 0 unspecified atom stereocenters. The molecule has 1 aliphatic rings. The number of hydrogen-bond acceptors (Lipinski definition) is 1. The van der Waals surface area contributed by atoms with E-state index in [1.165, 1.54) is 61.8 Å². The maximum Gasteiger partial charge on any atom is 0.0454 e. The molecule has 0 amide bonds. The fraction of sp³-hybridized carbons (Fsp3) is 0.467. The molecule has 90 valence electrons. The van der Waals surface area contributed by atoms with Gasteiger partial charge in [0, 0.05) is 18.3 Å². The lowest BCUT2D eigenvalue weighted by atomic mass is 10.1. The quantitative estimate of drug-likeness (QED) is 0.854. The van der Waals surface area contributed by atoms with Crippen LogP contribution in [0.4, 0.5) is 0 Å². The summed E-state index contributed by atoms with van der Waals surface area (Å²) < 4.78 is 0. The van der Waals surface area contributed by atoms with Crippen molar-refractivity contribution in [1.29, 1.82) is 0 Å². The number of aromatic amines is 1. The van der Waals surface area contributed by atoms with Crippen LogP contribution in [0.25, 0.3) is 10.9 Å². The summed E-state index contributed by atoms with van der Waals surface area (Å²) in [6.07, 6.45) is 7.39. The van der Waals surface area contributed by atoms with E-state index in [1.54, 1.807) is 0 Å². The Kier molecular flexibility index (Phi) is 3.14.